The normalized spacial score (nSPS) is 15.6. The summed E-state index contributed by atoms with van der Waals surface area (Å²) in [6.07, 6.45) is 5.60. The van der Waals surface area contributed by atoms with E-state index in [9.17, 15) is 82.4 Å². The predicted molar refractivity (Wildman–Crippen MR) is 378 cm³/mol. The first-order valence-corrected chi connectivity index (χ1v) is 35.2. The molecule has 4 aromatic rings. The molecule has 11 amide bonds. The number of carbonyl (C=O) groups is 14. The molecule has 35 nitrogen and oxygen atoms in total. The summed E-state index contributed by atoms with van der Waals surface area (Å²) in [5.41, 5.74) is 13.1. The summed E-state index contributed by atoms with van der Waals surface area (Å²) in [5.74, 6) is -12.2. The molecule has 0 unspecified atom stereocenters. The predicted octanol–water partition coefficient (Wildman–Crippen LogP) is -3.18. The molecule has 103 heavy (non-hydrogen) atoms. The molecule has 0 saturated carbocycles. The van der Waals surface area contributed by atoms with Gasteiger partial charge in [-0.3, -0.25) is 86.7 Å². The number of aliphatic carboxylic acids is 3. The number of hydrogen-bond acceptors (Lipinski definition) is 20. The lowest BCUT2D eigenvalue weighted by Crippen LogP contribution is -2.59. The second kappa shape index (κ2) is 42.4. The molecule has 564 valence electrons. The SMILES string of the molecule is CSCC[C@H](NC(=O)[C@H](CC(C)C)NC(=O)[C@H](Cc1cnc[nH]1)NC(=O)CNC(=O)[C@@H](NC(=O)[C@H](C)NC(=O)[C@H](Cc1c[nH]c2ccccc12)NC(=O)[C@H](CCC(N)=O)NC(=O)c1ccccc1CNC(=O)CN1CCN(CC(=O)O)CCN(CC(=O)O)CCN(CC(=O)O)CC1)C(C)C)C(N)=O. The van der Waals surface area contributed by atoms with Crippen LogP contribution in [0.2, 0.25) is 0 Å². The zero-order valence-corrected chi connectivity index (χ0v) is 59.6. The van der Waals surface area contributed by atoms with Gasteiger partial charge < -0.3 is 84.6 Å². The smallest absolute Gasteiger partial charge is 0.317 e. The number of aromatic amines is 2. The van der Waals surface area contributed by atoms with Crippen LogP contribution in [0.1, 0.15) is 87.5 Å². The molecule has 5 rings (SSSR count). The van der Waals surface area contributed by atoms with Crippen molar-refractivity contribution in [2.75, 3.05) is 97.1 Å². The molecule has 3 heterocycles. The number of H-pyrrole nitrogens is 2. The number of imidazole rings is 1. The number of carbonyl (C=O) groups excluding carboxylic acids is 11. The summed E-state index contributed by atoms with van der Waals surface area (Å²) in [6, 6.07) is 4.08. The Morgan fingerprint density at radius 1 is 0.544 bits per heavy atom. The van der Waals surface area contributed by atoms with E-state index in [1.807, 2.05) is 20.1 Å². The van der Waals surface area contributed by atoms with Gasteiger partial charge >= 0.3 is 17.9 Å². The third-order valence-electron chi connectivity index (χ3n) is 16.8. The Hall–Kier alpha value is -10.0. The number of rotatable bonds is 40. The van der Waals surface area contributed by atoms with E-state index >= 15 is 0 Å². The van der Waals surface area contributed by atoms with Crippen LogP contribution < -0.4 is 59.3 Å². The van der Waals surface area contributed by atoms with E-state index in [0.29, 0.717) is 27.9 Å². The van der Waals surface area contributed by atoms with Crippen molar-refractivity contribution >= 4 is 106 Å². The molecule has 7 atom stereocenters. The third-order valence-corrected chi connectivity index (χ3v) is 17.5. The number of benzene rings is 2. The molecular formula is C67H98N18O17S. The molecule has 1 saturated heterocycles. The zero-order valence-electron chi connectivity index (χ0n) is 58.8. The molecule has 1 fully saturated rings. The quantitative estimate of drug-likeness (QED) is 0.0209. The number of aromatic nitrogens is 3. The Morgan fingerprint density at radius 2 is 1.08 bits per heavy atom. The molecule has 18 N–H and O–H groups in total. The van der Waals surface area contributed by atoms with E-state index in [2.05, 4.69) is 62.8 Å². The summed E-state index contributed by atoms with van der Waals surface area (Å²) in [4.78, 5) is 203. The van der Waals surface area contributed by atoms with Gasteiger partial charge in [-0.1, -0.05) is 64.1 Å². The highest BCUT2D eigenvalue weighted by atomic mass is 32.2. The minimum atomic E-state index is -1.53. The van der Waals surface area contributed by atoms with Crippen LogP contribution in [0.5, 0.6) is 0 Å². The van der Waals surface area contributed by atoms with E-state index in [1.54, 1.807) is 76.0 Å². The maximum Gasteiger partial charge on any atom is 0.317 e. The molecule has 1 aliphatic rings. The Bertz CT molecular complexity index is 3540. The van der Waals surface area contributed by atoms with Gasteiger partial charge in [-0.25, -0.2) is 4.98 Å². The van der Waals surface area contributed by atoms with Crippen LogP contribution in [-0.4, -0.2) is 272 Å². The average molecular weight is 1460 g/mol. The Kier molecular flexibility index (Phi) is 34.4. The fourth-order valence-electron chi connectivity index (χ4n) is 11.2. The maximum atomic E-state index is 14.6. The van der Waals surface area contributed by atoms with E-state index in [1.165, 1.54) is 43.3 Å². The largest absolute Gasteiger partial charge is 0.480 e. The molecular weight excluding hydrogens is 1360 g/mol. The summed E-state index contributed by atoms with van der Waals surface area (Å²) in [5, 5.41) is 53.3. The summed E-state index contributed by atoms with van der Waals surface area (Å²) in [7, 11) is 0. The molecule has 1 aliphatic heterocycles. The summed E-state index contributed by atoms with van der Waals surface area (Å²) < 4.78 is 0. The number of nitrogens with two attached hydrogens (primary N) is 2. The average Bonchev–Trinajstić information content (AvgIpc) is 1.74. The van der Waals surface area contributed by atoms with Crippen LogP contribution in [0.25, 0.3) is 10.9 Å². The van der Waals surface area contributed by atoms with Gasteiger partial charge in [-0.05, 0) is 73.3 Å². The van der Waals surface area contributed by atoms with Crippen molar-refractivity contribution < 1.29 is 82.4 Å². The van der Waals surface area contributed by atoms with Gasteiger partial charge in [0.2, 0.25) is 59.1 Å². The first kappa shape index (κ1) is 83.6. The number of thioether (sulfide) groups is 1. The summed E-state index contributed by atoms with van der Waals surface area (Å²) in [6.45, 7) is 7.32. The van der Waals surface area contributed by atoms with Crippen molar-refractivity contribution in [1.82, 2.24) is 82.4 Å². The van der Waals surface area contributed by atoms with Crippen molar-refractivity contribution in [1.29, 1.82) is 0 Å². The van der Waals surface area contributed by atoms with Crippen LogP contribution in [-0.2, 0) is 81.7 Å². The maximum absolute atomic E-state index is 14.6. The van der Waals surface area contributed by atoms with Gasteiger partial charge in [0.1, 0.15) is 42.3 Å². The van der Waals surface area contributed by atoms with Crippen LogP contribution in [0.15, 0.2) is 67.3 Å². The van der Waals surface area contributed by atoms with E-state index < -0.39 is 144 Å². The topological polar surface area (TPSA) is 517 Å². The molecule has 0 aliphatic carbocycles. The first-order valence-electron chi connectivity index (χ1n) is 33.8. The molecule has 0 spiro atoms. The van der Waals surface area contributed by atoms with Gasteiger partial charge in [0.05, 0.1) is 39.1 Å². The van der Waals surface area contributed by atoms with Gasteiger partial charge in [0, 0.05) is 113 Å². The highest BCUT2D eigenvalue weighted by Crippen LogP contribution is 2.20. The van der Waals surface area contributed by atoms with Crippen molar-refractivity contribution in [2.45, 2.75) is 122 Å². The van der Waals surface area contributed by atoms with E-state index in [0.717, 1.165) is 0 Å². The minimum Gasteiger partial charge on any atom is -0.480 e. The lowest BCUT2D eigenvalue weighted by molar-refractivity contribution is -0.140. The Morgan fingerprint density at radius 3 is 1.63 bits per heavy atom. The number of amides is 11. The number of fused-ring (bicyclic) bond motifs is 1. The molecule has 2 aromatic heterocycles. The number of nitrogens with one attached hydrogen (secondary N) is 11. The summed E-state index contributed by atoms with van der Waals surface area (Å²) >= 11 is 1.45. The minimum absolute atomic E-state index is 0.00546. The monoisotopic (exact) mass is 1460 g/mol. The lowest BCUT2D eigenvalue weighted by Gasteiger charge is -2.32. The first-order chi connectivity index (χ1) is 48.9. The third kappa shape index (κ3) is 29.5. The van der Waals surface area contributed by atoms with Crippen molar-refractivity contribution in [2.24, 2.45) is 23.3 Å². The number of nitrogens with zero attached hydrogens (tertiary/aromatic N) is 5. The van der Waals surface area contributed by atoms with Gasteiger partial charge in [-0.15, -0.1) is 0 Å². The Labute approximate surface area is 600 Å². The molecule has 0 bridgehead atoms. The van der Waals surface area contributed by atoms with Gasteiger partial charge in [0.25, 0.3) is 5.91 Å². The number of carboxylic acids is 3. The molecule has 2 aromatic carbocycles. The molecule has 0 radical (unpaired) electrons. The van der Waals surface area contributed by atoms with Crippen LogP contribution in [0.3, 0.4) is 0 Å². The number of carboxylic acid groups (broad SMARTS) is 3. The van der Waals surface area contributed by atoms with E-state index in [4.69, 9.17) is 11.5 Å². The van der Waals surface area contributed by atoms with Gasteiger partial charge in [0.15, 0.2) is 0 Å². The second-order valence-corrected chi connectivity index (χ2v) is 26.9. The Balaban J connectivity index is 1.27. The van der Waals surface area contributed by atoms with Crippen LogP contribution >= 0.6 is 11.8 Å². The highest BCUT2D eigenvalue weighted by Gasteiger charge is 2.35. The molecule has 36 heteroatoms. The second-order valence-electron chi connectivity index (χ2n) is 25.9. The van der Waals surface area contributed by atoms with Crippen molar-refractivity contribution in [3.05, 3.63) is 89.6 Å². The van der Waals surface area contributed by atoms with E-state index in [-0.39, 0.29) is 134 Å². The highest BCUT2D eigenvalue weighted by molar-refractivity contribution is 7.98. The van der Waals surface area contributed by atoms with Gasteiger partial charge in [-0.2, -0.15) is 11.8 Å². The van der Waals surface area contributed by atoms with Crippen molar-refractivity contribution in [3.63, 3.8) is 0 Å². The van der Waals surface area contributed by atoms with Crippen LogP contribution in [0, 0.1) is 11.8 Å². The number of para-hydroxylation sites is 1. The van der Waals surface area contributed by atoms with Crippen molar-refractivity contribution in [3.8, 4) is 0 Å². The number of hydrogen-bond donors (Lipinski definition) is 16. The lowest BCUT2D eigenvalue weighted by atomic mass is 10.0. The zero-order chi connectivity index (χ0) is 75.9. The fourth-order valence-corrected chi connectivity index (χ4v) is 11.7. The van der Waals surface area contributed by atoms with Crippen LogP contribution in [0.4, 0.5) is 0 Å². The fraction of sp³-hybridized carbons (Fsp3) is 0.537. The number of primary amides is 2. The standard InChI is InChI=1S/C67H98N18O17S/c1-39(2)27-50(65(100)77-48(60(69)95)17-26-103-6)79-66(101)52(29-44-32-70-38-74-44)76-54(87)33-73-67(102)59(40(3)4)81-61(96)41(5)75-64(99)51(28-43-31-71-47-14-10-9-12-45(43)47)80-63(98)49(15-16-53(68)86)78-62(97)46-13-8-7-11-42(46)30-72-55(88)34-82-18-20-83(35-56(89)90)22-24-85(37-58(93)94)25-23-84(21-19-82)36-57(91)92/h7-14,31-32,38-41,48-52,59,71H,15-30,33-37H2,1-6H3,(H2,68,86)(H2,69,95)(H,70,74)(H,72,88)(H,73,102)(H,75,99)(H,76,87)(H,77,100)(H,78,97)(H,79,101)(H,80,98)(H,81,96)(H,89,90)(H,91,92)(H,93,94)/t41-,48-,49-,50-,51-,52-,59-/m0/s1.